The number of rotatable bonds is 3. The minimum absolute atomic E-state index is 0.180. The molecular weight excluding hydrogens is 284 g/mol. The van der Waals surface area contributed by atoms with E-state index in [-0.39, 0.29) is 11.8 Å². The van der Waals surface area contributed by atoms with E-state index < -0.39 is 12.0 Å². The predicted octanol–water partition coefficient (Wildman–Crippen LogP) is 1.54. The molecule has 1 unspecified atom stereocenters. The van der Waals surface area contributed by atoms with E-state index in [9.17, 15) is 14.7 Å². The van der Waals surface area contributed by atoms with E-state index in [1.807, 2.05) is 20.0 Å². The fraction of sp³-hybridized carbons (Fsp3) is 0.467. The van der Waals surface area contributed by atoms with Crippen molar-refractivity contribution in [3.05, 3.63) is 29.7 Å². The molecule has 7 nitrogen and oxygen atoms in total. The lowest BCUT2D eigenvalue weighted by Gasteiger charge is -2.21. The summed E-state index contributed by atoms with van der Waals surface area (Å²) in [7, 11) is 0. The van der Waals surface area contributed by atoms with Gasteiger partial charge in [0.1, 0.15) is 11.9 Å². The van der Waals surface area contributed by atoms with Crippen molar-refractivity contribution < 1.29 is 14.7 Å². The number of carbonyl (C=O) groups is 2. The van der Waals surface area contributed by atoms with Crippen LogP contribution in [-0.4, -0.2) is 49.1 Å². The number of carboxylic acids is 1. The number of aromatic nitrogens is 3. The SMILES string of the molecule is CC(C)c1nnc2c(C(=O)N3CCCC3C(=O)O)cccn12. The second-order valence-electron chi connectivity index (χ2n) is 5.82. The van der Waals surface area contributed by atoms with Gasteiger partial charge in [-0.25, -0.2) is 4.79 Å². The van der Waals surface area contributed by atoms with Crippen LogP contribution < -0.4 is 0 Å². The van der Waals surface area contributed by atoms with Gasteiger partial charge in [-0.3, -0.25) is 9.20 Å². The minimum Gasteiger partial charge on any atom is -0.480 e. The maximum Gasteiger partial charge on any atom is 0.326 e. The Labute approximate surface area is 127 Å². The van der Waals surface area contributed by atoms with Gasteiger partial charge in [-0.1, -0.05) is 13.8 Å². The Balaban J connectivity index is 2.03. The van der Waals surface area contributed by atoms with Crippen molar-refractivity contribution in [1.82, 2.24) is 19.5 Å². The van der Waals surface area contributed by atoms with Crippen LogP contribution in [0.4, 0.5) is 0 Å². The number of hydrogen-bond donors (Lipinski definition) is 1. The smallest absolute Gasteiger partial charge is 0.326 e. The highest BCUT2D eigenvalue weighted by Gasteiger charge is 2.35. The number of hydrogen-bond acceptors (Lipinski definition) is 4. The highest BCUT2D eigenvalue weighted by Crippen LogP contribution is 2.23. The van der Waals surface area contributed by atoms with Gasteiger partial charge >= 0.3 is 5.97 Å². The number of carbonyl (C=O) groups excluding carboxylic acids is 1. The Kier molecular flexibility index (Phi) is 3.56. The van der Waals surface area contributed by atoms with Crippen molar-refractivity contribution in [3.8, 4) is 0 Å². The summed E-state index contributed by atoms with van der Waals surface area (Å²) in [5.41, 5.74) is 0.877. The van der Waals surface area contributed by atoms with Crippen molar-refractivity contribution >= 4 is 17.5 Å². The monoisotopic (exact) mass is 302 g/mol. The number of pyridine rings is 1. The standard InChI is InChI=1S/C15H18N4O3/c1-9(2)12-16-17-13-10(5-3-8-19(12)13)14(20)18-7-4-6-11(18)15(21)22/h3,5,8-9,11H,4,6-7H2,1-2H3,(H,21,22). The average molecular weight is 302 g/mol. The molecule has 1 amide bonds. The molecule has 0 aromatic carbocycles. The molecule has 0 spiro atoms. The van der Waals surface area contributed by atoms with E-state index in [0.29, 0.717) is 30.6 Å². The fourth-order valence-corrected chi connectivity index (χ4v) is 2.92. The van der Waals surface area contributed by atoms with Crippen LogP contribution >= 0.6 is 0 Å². The summed E-state index contributed by atoms with van der Waals surface area (Å²) >= 11 is 0. The largest absolute Gasteiger partial charge is 0.480 e. The zero-order valence-electron chi connectivity index (χ0n) is 12.6. The molecule has 1 saturated heterocycles. The van der Waals surface area contributed by atoms with Crippen LogP contribution in [0.2, 0.25) is 0 Å². The molecule has 7 heteroatoms. The zero-order valence-corrected chi connectivity index (χ0v) is 12.6. The highest BCUT2D eigenvalue weighted by molar-refractivity contribution is 6.01. The third kappa shape index (κ3) is 2.22. The number of nitrogens with zero attached hydrogens (tertiary/aromatic N) is 4. The molecule has 3 heterocycles. The summed E-state index contributed by atoms with van der Waals surface area (Å²) in [5.74, 6) is -0.292. The summed E-state index contributed by atoms with van der Waals surface area (Å²) in [4.78, 5) is 25.4. The highest BCUT2D eigenvalue weighted by atomic mass is 16.4. The molecule has 0 bridgehead atoms. The van der Waals surface area contributed by atoms with Crippen molar-refractivity contribution in [3.63, 3.8) is 0 Å². The average Bonchev–Trinajstić information content (AvgIpc) is 3.12. The topological polar surface area (TPSA) is 87.8 Å². The van der Waals surface area contributed by atoms with Gasteiger partial charge in [-0.2, -0.15) is 0 Å². The number of carboxylic acid groups (broad SMARTS) is 1. The molecule has 116 valence electrons. The van der Waals surface area contributed by atoms with E-state index in [2.05, 4.69) is 10.2 Å². The van der Waals surface area contributed by atoms with E-state index in [0.717, 1.165) is 5.82 Å². The summed E-state index contributed by atoms with van der Waals surface area (Å²) in [5, 5.41) is 17.5. The predicted molar refractivity (Wildman–Crippen MR) is 78.8 cm³/mol. The summed E-state index contributed by atoms with van der Waals surface area (Å²) in [6.45, 7) is 4.47. The second kappa shape index (κ2) is 5.40. The lowest BCUT2D eigenvalue weighted by atomic mass is 10.2. The number of amides is 1. The molecule has 1 aliphatic heterocycles. The van der Waals surface area contributed by atoms with Gasteiger partial charge in [0.15, 0.2) is 5.65 Å². The molecule has 1 atom stereocenters. The van der Waals surface area contributed by atoms with Crippen molar-refractivity contribution in [1.29, 1.82) is 0 Å². The Morgan fingerprint density at radius 2 is 2.14 bits per heavy atom. The molecule has 0 aliphatic carbocycles. The van der Waals surface area contributed by atoms with Gasteiger partial charge in [0.05, 0.1) is 5.56 Å². The third-order valence-corrected chi connectivity index (χ3v) is 4.01. The molecular formula is C15H18N4O3. The van der Waals surface area contributed by atoms with Gasteiger partial charge in [-0.05, 0) is 25.0 Å². The lowest BCUT2D eigenvalue weighted by Crippen LogP contribution is -2.40. The Morgan fingerprint density at radius 1 is 1.36 bits per heavy atom. The summed E-state index contributed by atoms with van der Waals surface area (Å²) < 4.78 is 1.80. The van der Waals surface area contributed by atoms with Gasteiger partial charge in [-0.15, -0.1) is 10.2 Å². The molecule has 1 fully saturated rings. The van der Waals surface area contributed by atoms with Crippen LogP contribution in [0, 0.1) is 0 Å². The van der Waals surface area contributed by atoms with Crippen LogP contribution in [-0.2, 0) is 4.79 Å². The first-order valence-electron chi connectivity index (χ1n) is 7.38. The molecule has 2 aromatic rings. The molecule has 1 N–H and O–H groups in total. The van der Waals surface area contributed by atoms with Gasteiger partial charge < -0.3 is 10.0 Å². The second-order valence-corrected chi connectivity index (χ2v) is 5.82. The number of fused-ring (bicyclic) bond motifs is 1. The first-order valence-corrected chi connectivity index (χ1v) is 7.38. The summed E-state index contributed by atoms with van der Waals surface area (Å²) in [6.07, 6.45) is 3.02. The van der Waals surface area contributed by atoms with Crippen molar-refractivity contribution in [2.75, 3.05) is 6.54 Å². The van der Waals surface area contributed by atoms with Gasteiger partial charge in [0, 0.05) is 18.7 Å². The maximum atomic E-state index is 12.7. The molecule has 0 radical (unpaired) electrons. The first kappa shape index (κ1) is 14.5. The Bertz CT molecular complexity index is 737. The van der Waals surface area contributed by atoms with Crippen LogP contribution in [0.5, 0.6) is 0 Å². The van der Waals surface area contributed by atoms with E-state index >= 15 is 0 Å². The van der Waals surface area contributed by atoms with E-state index in [1.54, 1.807) is 16.5 Å². The number of likely N-dealkylation sites (tertiary alicyclic amines) is 1. The fourth-order valence-electron chi connectivity index (χ4n) is 2.92. The first-order chi connectivity index (χ1) is 10.5. The minimum atomic E-state index is -0.956. The lowest BCUT2D eigenvalue weighted by molar-refractivity contribution is -0.141. The van der Waals surface area contributed by atoms with Crippen molar-refractivity contribution in [2.45, 2.75) is 38.6 Å². The molecule has 1 aliphatic rings. The molecule has 2 aromatic heterocycles. The van der Waals surface area contributed by atoms with Crippen LogP contribution in [0.1, 0.15) is 48.8 Å². The van der Waals surface area contributed by atoms with E-state index in [1.165, 1.54) is 4.90 Å². The van der Waals surface area contributed by atoms with Gasteiger partial charge in [0.25, 0.3) is 5.91 Å². The third-order valence-electron chi connectivity index (χ3n) is 4.01. The molecule has 22 heavy (non-hydrogen) atoms. The summed E-state index contributed by atoms with van der Waals surface area (Å²) in [6, 6.07) is 2.69. The maximum absolute atomic E-state index is 12.7. The van der Waals surface area contributed by atoms with Crippen LogP contribution in [0.15, 0.2) is 18.3 Å². The molecule has 3 rings (SSSR count). The Morgan fingerprint density at radius 3 is 2.82 bits per heavy atom. The van der Waals surface area contributed by atoms with Crippen LogP contribution in [0.3, 0.4) is 0 Å². The zero-order chi connectivity index (χ0) is 15.9. The molecule has 0 saturated carbocycles. The van der Waals surface area contributed by atoms with Crippen LogP contribution in [0.25, 0.3) is 5.65 Å². The number of aliphatic carboxylic acids is 1. The Hall–Kier alpha value is -2.44. The normalized spacial score (nSPS) is 18.3. The van der Waals surface area contributed by atoms with Gasteiger partial charge in [0.2, 0.25) is 0 Å². The van der Waals surface area contributed by atoms with E-state index in [4.69, 9.17) is 0 Å². The quantitative estimate of drug-likeness (QED) is 0.929. The van der Waals surface area contributed by atoms with Crippen molar-refractivity contribution in [2.24, 2.45) is 0 Å².